The lowest BCUT2D eigenvalue weighted by Gasteiger charge is -2.49. The van der Waals surface area contributed by atoms with Gasteiger partial charge in [-0.15, -0.1) is 0 Å². The Labute approximate surface area is 187 Å². The van der Waals surface area contributed by atoms with Crippen molar-refractivity contribution in [2.24, 2.45) is 0 Å². The van der Waals surface area contributed by atoms with Gasteiger partial charge in [0.1, 0.15) is 11.3 Å². The van der Waals surface area contributed by atoms with Gasteiger partial charge in [0.25, 0.3) is 15.9 Å². The summed E-state index contributed by atoms with van der Waals surface area (Å²) in [6.07, 6.45) is 0.522. The topological polar surface area (TPSA) is 92.8 Å². The number of carbonyl (C=O) groups excluding carboxylic acids is 2. The molecule has 1 heterocycles. The van der Waals surface area contributed by atoms with E-state index in [0.717, 1.165) is 16.3 Å². The van der Waals surface area contributed by atoms with Crippen molar-refractivity contribution in [3.63, 3.8) is 0 Å². The lowest BCUT2D eigenvalue weighted by atomic mass is 9.85. The molecule has 7 nitrogen and oxygen atoms in total. The molecule has 0 saturated carbocycles. The Morgan fingerprint density at radius 3 is 2.38 bits per heavy atom. The normalized spacial score (nSPS) is 18.1. The maximum atomic E-state index is 13.0. The van der Waals surface area contributed by atoms with E-state index < -0.39 is 21.5 Å². The summed E-state index contributed by atoms with van der Waals surface area (Å²) in [4.78, 5) is 27.4. The van der Waals surface area contributed by atoms with E-state index in [0.29, 0.717) is 18.7 Å². The fourth-order valence-electron chi connectivity index (χ4n) is 3.95. The highest BCUT2D eigenvalue weighted by molar-refractivity contribution is 7.90. The summed E-state index contributed by atoms with van der Waals surface area (Å²) in [6.45, 7) is 1.99. The molecule has 3 aromatic rings. The lowest BCUT2D eigenvalue weighted by Crippen LogP contribution is -2.68. The molecule has 1 atom stereocenters. The van der Waals surface area contributed by atoms with E-state index in [4.69, 9.17) is 4.74 Å². The van der Waals surface area contributed by atoms with Gasteiger partial charge >= 0.3 is 0 Å². The third kappa shape index (κ3) is 3.93. The number of amides is 2. The molecule has 1 aliphatic heterocycles. The summed E-state index contributed by atoms with van der Waals surface area (Å²) in [5, 5.41) is 2.02. The van der Waals surface area contributed by atoms with Crippen LogP contribution in [0.1, 0.15) is 18.9 Å². The number of fused-ring (bicyclic) bond motifs is 1. The molecular formula is C24H24N2O5S. The number of nitrogens with one attached hydrogen (secondary N) is 1. The van der Waals surface area contributed by atoms with E-state index in [9.17, 15) is 18.0 Å². The average molecular weight is 453 g/mol. The standard InChI is InChI=1S/C24H24N2O5S/c1-24(23(28)25-32(29,30)20-12-10-19(31-2)11-13-20)14-15-26(24)22(27)16-18-8-5-7-17-6-3-4-9-21(17)18/h3-13H,14-16H2,1-2H3,(H,25,28). The number of sulfonamides is 1. The Kier molecular flexibility index (Phi) is 5.64. The summed E-state index contributed by atoms with van der Waals surface area (Å²) in [5.41, 5.74) is -0.352. The van der Waals surface area contributed by atoms with Crippen molar-refractivity contribution in [1.29, 1.82) is 0 Å². The second kappa shape index (κ2) is 8.27. The Morgan fingerprint density at radius 2 is 1.72 bits per heavy atom. The smallest absolute Gasteiger partial charge is 0.264 e. The Bertz CT molecular complexity index is 1280. The molecular weight excluding hydrogens is 428 g/mol. The predicted molar refractivity (Wildman–Crippen MR) is 121 cm³/mol. The summed E-state index contributed by atoms with van der Waals surface area (Å²) in [7, 11) is -2.59. The van der Waals surface area contributed by atoms with Crippen LogP contribution >= 0.6 is 0 Å². The number of methoxy groups -OCH3 is 1. The largest absolute Gasteiger partial charge is 0.497 e. The number of likely N-dealkylation sites (tertiary alicyclic amines) is 1. The summed E-state index contributed by atoms with van der Waals surface area (Å²) in [5.74, 6) is -0.427. The highest BCUT2D eigenvalue weighted by atomic mass is 32.2. The van der Waals surface area contributed by atoms with E-state index in [1.165, 1.54) is 36.3 Å². The first-order valence-corrected chi connectivity index (χ1v) is 11.7. The third-order valence-corrected chi connectivity index (χ3v) is 7.37. The molecule has 1 N–H and O–H groups in total. The van der Waals surface area contributed by atoms with Crippen molar-refractivity contribution in [2.45, 2.75) is 30.2 Å². The molecule has 1 saturated heterocycles. The molecule has 0 bridgehead atoms. The van der Waals surface area contributed by atoms with Gasteiger partial charge in [0.05, 0.1) is 18.4 Å². The van der Waals surface area contributed by atoms with Crippen molar-refractivity contribution < 1.29 is 22.7 Å². The lowest BCUT2D eigenvalue weighted by molar-refractivity contribution is -0.156. The number of ether oxygens (including phenoxy) is 1. The fraction of sp³-hybridized carbons (Fsp3) is 0.250. The Hall–Kier alpha value is -3.39. The van der Waals surface area contributed by atoms with Gasteiger partial charge in [0.15, 0.2) is 0 Å². The average Bonchev–Trinajstić information content (AvgIpc) is 2.77. The molecule has 0 aromatic heterocycles. The number of benzene rings is 3. The maximum Gasteiger partial charge on any atom is 0.264 e. The van der Waals surface area contributed by atoms with Crippen LogP contribution in [0.5, 0.6) is 5.75 Å². The van der Waals surface area contributed by atoms with Gasteiger partial charge in [-0.2, -0.15) is 0 Å². The zero-order valence-electron chi connectivity index (χ0n) is 17.9. The molecule has 2 amide bonds. The van der Waals surface area contributed by atoms with Gasteiger partial charge in [-0.1, -0.05) is 42.5 Å². The number of hydrogen-bond donors (Lipinski definition) is 1. The molecule has 166 valence electrons. The fourth-order valence-corrected chi connectivity index (χ4v) is 5.02. The Morgan fingerprint density at radius 1 is 1.03 bits per heavy atom. The predicted octanol–water partition coefficient (Wildman–Crippen LogP) is 2.89. The molecule has 3 aromatic carbocycles. The number of carbonyl (C=O) groups is 2. The number of rotatable bonds is 6. The zero-order valence-corrected chi connectivity index (χ0v) is 18.7. The molecule has 1 aliphatic rings. The summed E-state index contributed by atoms with van der Waals surface area (Å²) < 4.78 is 32.5. The van der Waals surface area contributed by atoms with Crippen LogP contribution in [-0.4, -0.2) is 44.3 Å². The quantitative estimate of drug-likeness (QED) is 0.621. The third-order valence-electron chi connectivity index (χ3n) is 6.03. The van der Waals surface area contributed by atoms with Gasteiger partial charge in [0, 0.05) is 6.54 Å². The minimum atomic E-state index is -4.07. The van der Waals surface area contributed by atoms with E-state index >= 15 is 0 Å². The molecule has 1 fully saturated rings. The Balaban J connectivity index is 1.50. The maximum absolute atomic E-state index is 13.0. The van der Waals surface area contributed by atoms with Crippen molar-refractivity contribution in [2.75, 3.05) is 13.7 Å². The van der Waals surface area contributed by atoms with Crippen LogP contribution in [0.25, 0.3) is 10.8 Å². The van der Waals surface area contributed by atoms with Crippen LogP contribution in [0.2, 0.25) is 0 Å². The van der Waals surface area contributed by atoms with Crippen LogP contribution in [-0.2, 0) is 26.0 Å². The highest BCUT2D eigenvalue weighted by Crippen LogP contribution is 2.32. The minimum absolute atomic E-state index is 0.0526. The van der Waals surface area contributed by atoms with Crippen LogP contribution in [0.3, 0.4) is 0 Å². The first-order valence-electron chi connectivity index (χ1n) is 10.2. The molecule has 0 aliphatic carbocycles. The zero-order chi connectivity index (χ0) is 22.9. The van der Waals surface area contributed by atoms with E-state index in [1.54, 1.807) is 6.92 Å². The van der Waals surface area contributed by atoms with Crippen molar-refractivity contribution in [1.82, 2.24) is 9.62 Å². The molecule has 32 heavy (non-hydrogen) atoms. The van der Waals surface area contributed by atoms with Gasteiger partial charge < -0.3 is 9.64 Å². The number of hydrogen-bond acceptors (Lipinski definition) is 5. The highest BCUT2D eigenvalue weighted by Gasteiger charge is 2.50. The first-order chi connectivity index (χ1) is 15.2. The van der Waals surface area contributed by atoms with Crippen molar-refractivity contribution >= 4 is 32.6 Å². The van der Waals surface area contributed by atoms with E-state index in [2.05, 4.69) is 4.72 Å². The second-order valence-corrected chi connectivity index (χ2v) is 9.68. The van der Waals surface area contributed by atoms with Gasteiger partial charge in [0.2, 0.25) is 5.91 Å². The van der Waals surface area contributed by atoms with Crippen LogP contribution < -0.4 is 9.46 Å². The SMILES string of the molecule is COc1ccc(S(=O)(=O)NC(=O)C2(C)CCN2C(=O)Cc2cccc3ccccc23)cc1. The number of nitrogens with zero attached hydrogens (tertiary/aromatic N) is 1. The van der Waals surface area contributed by atoms with Crippen LogP contribution in [0.4, 0.5) is 0 Å². The molecule has 8 heteroatoms. The molecule has 0 radical (unpaired) electrons. The van der Waals surface area contributed by atoms with Gasteiger partial charge in [-0.3, -0.25) is 9.59 Å². The molecule has 0 spiro atoms. The summed E-state index contributed by atoms with van der Waals surface area (Å²) in [6, 6.07) is 19.3. The first kappa shape index (κ1) is 21.8. The van der Waals surface area contributed by atoms with Gasteiger partial charge in [-0.25, -0.2) is 13.1 Å². The minimum Gasteiger partial charge on any atom is -0.497 e. The van der Waals surface area contributed by atoms with Crippen LogP contribution in [0.15, 0.2) is 71.6 Å². The van der Waals surface area contributed by atoms with E-state index in [1.807, 2.05) is 42.5 Å². The van der Waals surface area contributed by atoms with Gasteiger partial charge in [-0.05, 0) is 53.9 Å². The van der Waals surface area contributed by atoms with Crippen molar-refractivity contribution in [3.8, 4) is 5.75 Å². The molecule has 1 unspecified atom stereocenters. The monoisotopic (exact) mass is 452 g/mol. The molecule has 4 rings (SSSR count). The van der Waals surface area contributed by atoms with Crippen molar-refractivity contribution in [3.05, 3.63) is 72.3 Å². The van der Waals surface area contributed by atoms with Crippen LogP contribution in [0, 0.1) is 0 Å². The summed E-state index contributed by atoms with van der Waals surface area (Å²) >= 11 is 0. The second-order valence-electron chi connectivity index (χ2n) is 7.99. The van der Waals surface area contributed by atoms with E-state index in [-0.39, 0.29) is 17.2 Å².